The Bertz CT molecular complexity index is 739. The maximum Gasteiger partial charge on any atom is 0.296 e. The van der Waals surface area contributed by atoms with Gasteiger partial charge < -0.3 is 10.1 Å². The van der Waals surface area contributed by atoms with Crippen LogP contribution >= 0.6 is 0 Å². The summed E-state index contributed by atoms with van der Waals surface area (Å²) in [6, 6.07) is 0.983. The van der Waals surface area contributed by atoms with Crippen molar-refractivity contribution < 1.29 is 18.3 Å². The number of aromatic amines is 1. The van der Waals surface area contributed by atoms with Crippen LogP contribution in [0.4, 0.5) is 13.2 Å². The zero-order valence-corrected chi connectivity index (χ0v) is 8.05. The van der Waals surface area contributed by atoms with Crippen molar-refractivity contribution in [3.63, 3.8) is 0 Å². The number of H-pyrrole nitrogens is 1. The molecule has 0 atom stereocenters. The number of fused-ring (bicyclic) bond motifs is 1. The van der Waals surface area contributed by atoms with Gasteiger partial charge in [0.25, 0.3) is 5.56 Å². The lowest BCUT2D eigenvalue weighted by atomic mass is 10.2. The molecule has 1 aromatic heterocycles. The summed E-state index contributed by atoms with van der Waals surface area (Å²) >= 11 is 0. The number of nitrogens with one attached hydrogen (secondary N) is 1. The normalized spacial score (nSPS) is 10.8. The van der Waals surface area contributed by atoms with Gasteiger partial charge in [-0.1, -0.05) is 0 Å². The molecular formula is C10H4F3NO3. The fraction of sp³-hybridized carbons (Fsp3) is 0. The van der Waals surface area contributed by atoms with Crippen LogP contribution in [0.1, 0.15) is 0 Å². The average molecular weight is 243 g/mol. The van der Waals surface area contributed by atoms with Crippen LogP contribution in [-0.4, -0.2) is 10.1 Å². The number of hydrogen-bond acceptors (Lipinski definition) is 3. The summed E-state index contributed by atoms with van der Waals surface area (Å²) in [7, 11) is 0. The van der Waals surface area contributed by atoms with Crippen LogP contribution < -0.4 is 11.0 Å². The summed E-state index contributed by atoms with van der Waals surface area (Å²) in [4.78, 5) is 23.8. The highest BCUT2D eigenvalue weighted by Crippen LogP contribution is 2.25. The maximum atomic E-state index is 13.3. The highest BCUT2D eigenvalue weighted by Gasteiger charge is 2.16. The molecule has 2 aromatic rings. The Morgan fingerprint density at radius 3 is 2.35 bits per heavy atom. The molecule has 0 saturated heterocycles. The minimum absolute atomic E-state index is 0.485. The molecule has 7 heteroatoms. The standard InChI is InChI=1S/C10H4F3NO3/c11-4-1-3-5(15)2-6(16)10(17)14-9(3)8(13)7(4)12/h1-2,15H,(H,14,16,17). The fourth-order valence-electron chi connectivity index (χ4n) is 1.36. The second-order valence-electron chi connectivity index (χ2n) is 3.26. The van der Waals surface area contributed by atoms with Gasteiger partial charge in [-0.05, 0) is 6.07 Å². The highest BCUT2D eigenvalue weighted by molar-refractivity contribution is 5.84. The van der Waals surface area contributed by atoms with Gasteiger partial charge in [-0.25, -0.2) is 13.2 Å². The summed E-state index contributed by atoms with van der Waals surface area (Å²) in [5, 5.41) is 8.86. The number of halogens is 3. The lowest BCUT2D eigenvalue weighted by Crippen LogP contribution is -2.22. The number of aromatic hydroxyl groups is 1. The lowest BCUT2D eigenvalue weighted by Gasteiger charge is -1.99. The molecule has 0 aliphatic carbocycles. The van der Waals surface area contributed by atoms with E-state index in [1.807, 2.05) is 0 Å². The lowest BCUT2D eigenvalue weighted by molar-refractivity contribution is 0.450. The summed E-state index contributed by atoms with van der Waals surface area (Å²) < 4.78 is 39.2. The van der Waals surface area contributed by atoms with E-state index in [0.29, 0.717) is 12.1 Å². The minimum Gasteiger partial charge on any atom is -0.507 e. The molecule has 0 aliphatic rings. The molecule has 0 aliphatic heterocycles. The third-order valence-corrected chi connectivity index (χ3v) is 2.17. The average Bonchev–Trinajstić information content (AvgIpc) is 2.37. The topological polar surface area (TPSA) is 70.2 Å². The Balaban J connectivity index is 3.19. The van der Waals surface area contributed by atoms with Crippen LogP contribution in [0, 0.1) is 17.5 Å². The largest absolute Gasteiger partial charge is 0.507 e. The molecular weight excluding hydrogens is 239 g/mol. The molecule has 1 heterocycles. The third-order valence-electron chi connectivity index (χ3n) is 2.17. The summed E-state index contributed by atoms with van der Waals surface area (Å²) in [6.07, 6.45) is 0. The second kappa shape index (κ2) is 3.62. The molecule has 0 saturated carbocycles. The van der Waals surface area contributed by atoms with E-state index in [9.17, 15) is 27.9 Å². The van der Waals surface area contributed by atoms with E-state index in [1.54, 1.807) is 4.98 Å². The van der Waals surface area contributed by atoms with Crippen LogP contribution in [0.2, 0.25) is 0 Å². The van der Waals surface area contributed by atoms with Gasteiger partial charge in [0.1, 0.15) is 5.75 Å². The van der Waals surface area contributed by atoms with Crippen LogP contribution in [0.15, 0.2) is 21.7 Å². The number of benzene rings is 1. The van der Waals surface area contributed by atoms with Gasteiger partial charge >= 0.3 is 0 Å². The number of hydrogen-bond donors (Lipinski definition) is 2. The van der Waals surface area contributed by atoms with Gasteiger partial charge in [-0.3, -0.25) is 9.59 Å². The van der Waals surface area contributed by atoms with E-state index >= 15 is 0 Å². The van der Waals surface area contributed by atoms with Gasteiger partial charge in [-0.2, -0.15) is 0 Å². The molecule has 0 bridgehead atoms. The van der Waals surface area contributed by atoms with E-state index in [2.05, 4.69) is 0 Å². The Hall–Kier alpha value is -2.31. The van der Waals surface area contributed by atoms with Gasteiger partial charge in [0.15, 0.2) is 17.5 Å². The van der Waals surface area contributed by atoms with E-state index in [-0.39, 0.29) is 0 Å². The Kier molecular flexibility index (Phi) is 2.38. The molecule has 88 valence electrons. The van der Waals surface area contributed by atoms with E-state index < -0.39 is 45.1 Å². The predicted molar refractivity (Wildman–Crippen MR) is 52.4 cm³/mol. The zero-order valence-electron chi connectivity index (χ0n) is 8.05. The summed E-state index contributed by atoms with van der Waals surface area (Å²) in [5.41, 5.74) is -3.17. The van der Waals surface area contributed by atoms with Crippen molar-refractivity contribution >= 4 is 10.9 Å². The summed E-state index contributed by atoms with van der Waals surface area (Å²) in [6.45, 7) is 0. The first-order chi connectivity index (χ1) is 7.91. The molecule has 2 N–H and O–H groups in total. The molecule has 4 nitrogen and oxygen atoms in total. The van der Waals surface area contributed by atoms with Crippen molar-refractivity contribution in [1.82, 2.24) is 4.98 Å². The van der Waals surface area contributed by atoms with Gasteiger partial charge in [-0.15, -0.1) is 0 Å². The maximum absolute atomic E-state index is 13.3. The fourth-order valence-corrected chi connectivity index (χ4v) is 1.36. The first kappa shape index (κ1) is 11.2. The molecule has 17 heavy (non-hydrogen) atoms. The number of aromatic nitrogens is 1. The Labute approximate surface area is 91.0 Å². The van der Waals surface area contributed by atoms with Crippen LogP contribution in [0.5, 0.6) is 5.75 Å². The van der Waals surface area contributed by atoms with E-state index in [4.69, 9.17) is 0 Å². The molecule has 2 rings (SSSR count). The Morgan fingerprint density at radius 1 is 1.06 bits per heavy atom. The van der Waals surface area contributed by atoms with E-state index in [0.717, 1.165) is 0 Å². The molecule has 0 unspecified atom stereocenters. The second-order valence-corrected chi connectivity index (χ2v) is 3.26. The smallest absolute Gasteiger partial charge is 0.296 e. The predicted octanol–water partition coefficient (Wildman–Crippen LogP) is 1.01. The monoisotopic (exact) mass is 243 g/mol. The SMILES string of the molecule is O=c1cc(O)c2cc(F)c(F)c(F)c2[nH]c1=O. The van der Waals surface area contributed by atoms with Gasteiger partial charge in [0, 0.05) is 11.5 Å². The molecule has 1 aromatic carbocycles. The van der Waals surface area contributed by atoms with Crippen LogP contribution in [0.3, 0.4) is 0 Å². The van der Waals surface area contributed by atoms with Gasteiger partial charge in [0.05, 0.1) is 5.52 Å². The minimum atomic E-state index is -1.80. The van der Waals surface area contributed by atoms with Crippen molar-refractivity contribution in [2.45, 2.75) is 0 Å². The molecule has 0 spiro atoms. The number of rotatable bonds is 0. The van der Waals surface area contributed by atoms with Crippen molar-refractivity contribution in [3.05, 3.63) is 50.2 Å². The van der Waals surface area contributed by atoms with Crippen LogP contribution in [-0.2, 0) is 0 Å². The van der Waals surface area contributed by atoms with Gasteiger partial charge in [0.2, 0.25) is 5.43 Å². The first-order valence-electron chi connectivity index (χ1n) is 4.35. The van der Waals surface area contributed by atoms with Crippen LogP contribution in [0.25, 0.3) is 10.9 Å². The summed E-state index contributed by atoms with van der Waals surface area (Å²) in [5.74, 6) is -5.83. The van der Waals surface area contributed by atoms with Crippen molar-refractivity contribution in [1.29, 1.82) is 0 Å². The third kappa shape index (κ3) is 1.65. The highest BCUT2D eigenvalue weighted by atomic mass is 19.2. The first-order valence-corrected chi connectivity index (χ1v) is 4.35. The quantitative estimate of drug-likeness (QED) is 0.536. The Morgan fingerprint density at radius 2 is 1.71 bits per heavy atom. The zero-order chi connectivity index (χ0) is 12.7. The van der Waals surface area contributed by atoms with E-state index in [1.165, 1.54) is 0 Å². The molecule has 0 radical (unpaired) electrons. The molecule has 0 amide bonds. The van der Waals surface area contributed by atoms with Crippen molar-refractivity contribution in [2.75, 3.05) is 0 Å². The van der Waals surface area contributed by atoms with Crippen molar-refractivity contribution in [3.8, 4) is 5.75 Å². The molecule has 0 fully saturated rings. The van der Waals surface area contributed by atoms with Crippen molar-refractivity contribution in [2.24, 2.45) is 0 Å².